The predicted octanol–water partition coefficient (Wildman–Crippen LogP) is 4.54. The molecule has 1 heterocycles. The zero-order valence-electron chi connectivity index (χ0n) is 11.7. The minimum Gasteiger partial charge on any atom is -0.268 e. The van der Waals surface area contributed by atoms with Crippen LogP contribution in [0.25, 0.3) is 6.08 Å². The highest BCUT2D eigenvalue weighted by Gasteiger charge is 2.33. The Hall–Kier alpha value is -1.98. The molecule has 0 aromatic heterocycles. The highest BCUT2D eigenvalue weighted by atomic mass is 32.2. The molecular weight excluding hydrogens is 317 g/mol. The summed E-state index contributed by atoms with van der Waals surface area (Å²) in [5.41, 5.74) is 2.16. The molecule has 0 spiro atoms. The Morgan fingerprint density at radius 1 is 1.18 bits per heavy atom. The fourth-order valence-electron chi connectivity index (χ4n) is 2.19. The van der Waals surface area contributed by atoms with Gasteiger partial charge in [-0.15, -0.1) is 0 Å². The molecule has 2 nitrogen and oxygen atoms in total. The minimum absolute atomic E-state index is 0.219. The van der Waals surface area contributed by atoms with E-state index in [0.717, 1.165) is 11.3 Å². The molecule has 1 aliphatic rings. The first kappa shape index (κ1) is 14.9. The minimum atomic E-state index is -0.358. The number of amides is 1. The quantitative estimate of drug-likeness (QED) is 0.596. The number of hydrogen-bond donors (Lipinski definition) is 0. The second-order valence-electron chi connectivity index (χ2n) is 4.88. The lowest BCUT2D eigenvalue weighted by Gasteiger charge is -2.14. The Kier molecular flexibility index (Phi) is 4.09. The van der Waals surface area contributed by atoms with Gasteiger partial charge in [-0.25, -0.2) is 4.39 Å². The third-order valence-corrected chi connectivity index (χ3v) is 4.55. The first-order valence-electron chi connectivity index (χ1n) is 6.65. The number of halogens is 1. The SMILES string of the molecule is Cc1cccc(N2C(=O)C(=Cc3ccccc3F)SC2=S)c1. The lowest BCUT2D eigenvalue weighted by atomic mass is 10.2. The summed E-state index contributed by atoms with van der Waals surface area (Å²) in [5.74, 6) is -0.577. The van der Waals surface area contributed by atoms with Crippen LogP contribution in [0.15, 0.2) is 53.4 Å². The van der Waals surface area contributed by atoms with Gasteiger partial charge in [0, 0.05) is 5.56 Å². The fourth-order valence-corrected chi connectivity index (χ4v) is 3.48. The van der Waals surface area contributed by atoms with E-state index in [1.54, 1.807) is 24.3 Å². The summed E-state index contributed by atoms with van der Waals surface area (Å²) in [5, 5.41) is 0. The maximum Gasteiger partial charge on any atom is 0.270 e. The summed E-state index contributed by atoms with van der Waals surface area (Å²) >= 11 is 6.49. The monoisotopic (exact) mass is 329 g/mol. The number of carbonyl (C=O) groups excluding carboxylic acids is 1. The van der Waals surface area contributed by atoms with Crippen molar-refractivity contribution in [1.29, 1.82) is 0 Å². The van der Waals surface area contributed by atoms with Crippen LogP contribution in [0.5, 0.6) is 0 Å². The van der Waals surface area contributed by atoms with Crippen LogP contribution in [-0.4, -0.2) is 10.2 Å². The molecule has 0 bridgehead atoms. The van der Waals surface area contributed by atoms with Gasteiger partial charge in [-0.3, -0.25) is 9.69 Å². The number of anilines is 1. The van der Waals surface area contributed by atoms with Gasteiger partial charge in [-0.1, -0.05) is 54.3 Å². The van der Waals surface area contributed by atoms with Crippen molar-refractivity contribution in [1.82, 2.24) is 0 Å². The van der Waals surface area contributed by atoms with Crippen molar-refractivity contribution in [3.8, 4) is 0 Å². The van der Waals surface area contributed by atoms with Crippen LogP contribution in [0.1, 0.15) is 11.1 Å². The molecule has 0 N–H and O–H groups in total. The molecule has 2 aromatic carbocycles. The lowest BCUT2D eigenvalue weighted by Crippen LogP contribution is -2.27. The third kappa shape index (κ3) is 2.82. The Morgan fingerprint density at radius 2 is 1.95 bits per heavy atom. The maximum atomic E-state index is 13.7. The molecule has 22 heavy (non-hydrogen) atoms. The van der Waals surface area contributed by atoms with Crippen LogP contribution in [-0.2, 0) is 4.79 Å². The van der Waals surface area contributed by atoms with Crippen LogP contribution in [0.2, 0.25) is 0 Å². The van der Waals surface area contributed by atoms with Crippen LogP contribution >= 0.6 is 24.0 Å². The molecule has 0 saturated carbocycles. The molecule has 0 radical (unpaired) electrons. The van der Waals surface area contributed by atoms with Crippen LogP contribution in [0, 0.1) is 12.7 Å². The number of rotatable bonds is 2. The summed E-state index contributed by atoms with van der Waals surface area (Å²) < 4.78 is 14.2. The first-order chi connectivity index (χ1) is 10.6. The maximum absolute atomic E-state index is 13.7. The van der Waals surface area contributed by atoms with E-state index in [1.165, 1.54) is 22.7 Å². The predicted molar refractivity (Wildman–Crippen MR) is 93.2 cm³/mol. The standard InChI is InChI=1S/C17H12FNOS2/c1-11-5-4-7-13(9-11)19-16(20)15(22-17(19)21)10-12-6-2-3-8-14(12)18/h2-10H,1H3. The highest BCUT2D eigenvalue weighted by Crippen LogP contribution is 2.36. The summed E-state index contributed by atoms with van der Waals surface area (Å²) in [4.78, 5) is 14.5. The van der Waals surface area contributed by atoms with Gasteiger partial charge in [0.05, 0.1) is 10.6 Å². The van der Waals surface area contributed by atoms with E-state index in [9.17, 15) is 9.18 Å². The van der Waals surface area contributed by atoms with Crippen molar-refractivity contribution in [3.05, 3.63) is 70.4 Å². The van der Waals surface area contributed by atoms with Gasteiger partial charge in [0.1, 0.15) is 5.82 Å². The lowest BCUT2D eigenvalue weighted by molar-refractivity contribution is -0.113. The normalized spacial score (nSPS) is 16.6. The average Bonchev–Trinajstić information content (AvgIpc) is 2.76. The van der Waals surface area contributed by atoms with Crippen LogP contribution in [0.3, 0.4) is 0 Å². The van der Waals surface area contributed by atoms with Gasteiger partial charge >= 0.3 is 0 Å². The van der Waals surface area contributed by atoms with E-state index < -0.39 is 0 Å². The van der Waals surface area contributed by atoms with Crippen molar-refractivity contribution in [2.75, 3.05) is 4.90 Å². The summed E-state index contributed by atoms with van der Waals surface area (Å²) in [6, 6.07) is 13.9. The number of hydrogen-bond acceptors (Lipinski definition) is 3. The zero-order chi connectivity index (χ0) is 15.7. The molecular formula is C17H12FNOS2. The van der Waals surface area contributed by atoms with Crippen molar-refractivity contribution in [2.45, 2.75) is 6.92 Å². The van der Waals surface area contributed by atoms with Gasteiger partial charge in [0.15, 0.2) is 4.32 Å². The van der Waals surface area contributed by atoms with E-state index in [2.05, 4.69) is 0 Å². The smallest absolute Gasteiger partial charge is 0.268 e. The van der Waals surface area contributed by atoms with Gasteiger partial charge in [0.25, 0.3) is 5.91 Å². The highest BCUT2D eigenvalue weighted by molar-refractivity contribution is 8.27. The van der Waals surface area contributed by atoms with Gasteiger partial charge < -0.3 is 0 Å². The molecule has 0 aliphatic carbocycles. The topological polar surface area (TPSA) is 20.3 Å². The van der Waals surface area contributed by atoms with Gasteiger partial charge in [0.2, 0.25) is 0 Å². The van der Waals surface area contributed by atoms with Crippen LogP contribution < -0.4 is 4.90 Å². The molecule has 0 unspecified atom stereocenters. The summed E-state index contributed by atoms with van der Waals surface area (Å²) in [7, 11) is 0. The van der Waals surface area contributed by atoms with Gasteiger partial charge in [-0.2, -0.15) is 0 Å². The number of thioether (sulfide) groups is 1. The fraction of sp³-hybridized carbons (Fsp3) is 0.0588. The van der Waals surface area contributed by atoms with E-state index in [4.69, 9.17) is 12.2 Å². The molecule has 2 aromatic rings. The third-order valence-electron chi connectivity index (χ3n) is 3.25. The molecule has 1 saturated heterocycles. The summed E-state index contributed by atoms with van der Waals surface area (Å²) in [6.45, 7) is 1.95. The Morgan fingerprint density at radius 3 is 2.68 bits per heavy atom. The van der Waals surface area contributed by atoms with E-state index in [0.29, 0.717) is 14.8 Å². The molecule has 1 fully saturated rings. The van der Waals surface area contributed by atoms with E-state index >= 15 is 0 Å². The number of nitrogens with zero attached hydrogens (tertiary/aromatic N) is 1. The van der Waals surface area contributed by atoms with E-state index in [1.807, 2.05) is 31.2 Å². The summed E-state index contributed by atoms with van der Waals surface area (Å²) in [6.07, 6.45) is 1.55. The largest absolute Gasteiger partial charge is 0.270 e. The zero-order valence-corrected chi connectivity index (χ0v) is 13.4. The first-order valence-corrected chi connectivity index (χ1v) is 7.88. The van der Waals surface area contributed by atoms with Crippen molar-refractivity contribution in [2.24, 2.45) is 0 Å². The number of carbonyl (C=O) groups is 1. The van der Waals surface area contributed by atoms with E-state index in [-0.39, 0.29) is 11.7 Å². The molecule has 3 rings (SSSR count). The Balaban J connectivity index is 1.97. The number of aryl methyl sites for hydroxylation is 1. The van der Waals surface area contributed by atoms with Crippen LogP contribution in [0.4, 0.5) is 10.1 Å². The molecule has 110 valence electrons. The number of benzene rings is 2. The molecule has 0 atom stereocenters. The second-order valence-corrected chi connectivity index (χ2v) is 6.55. The van der Waals surface area contributed by atoms with Crippen molar-refractivity contribution < 1.29 is 9.18 Å². The average molecular weight is 329 g/mol. The second kappa shape index (κ2) is 6.02. The number of thiocarbonyl (C=S) groups is 1. The molecule has 1 aliphatic heterocycles. The Bertz CT molecular complexity index is 801. The molecule has 5 heteroatoms. The van der Waals surface area contributed by atoms with Crippen molar-refractivity contribution >= 4 is 46.0 Å². The van der Waals surface area contributed by atoms with Crippen molar-refractivity contribution in [3.63, 3.8) is 0 Å². The Labute approximate surface area is 137 Å². The van der Waals surface area contributed by atoms with Gasteiger partial charge in [-0.05, 0) is 36.8 Å². The molecule has 1 amide bonds.